The van der Waals surface area contributed by atoms with Crippen molar-refractivity contribution < 1.29 is 9.53 Å². The van der Waals surface area contributed by atoms with Crippen molar-refractivity contribution in [2.24, 2.45) is 11.3 Å². The summed E-state index contributed by atoms with van der Waals surface area (Å²) in [7, 11) is 1.46. The Morgan fingerprint density at radius 1 is 1.50 bits per heavy atom. The van der Waals surface area contributed by atoms with Gasteiger partial charge in [-0.05, 0) is 26.2 Å². The van der Waals surface area contributed by atoms with Crippen molar-refractivity contribution in [2.45, 2.75) is 39.5 Å². The lowest BCUT2D eigenvalue weighted by atomic mass is 9.73. The molecular weight excluding hydrogens is 152 g/mol. The summed E-state index contributed by atoms with van der Waals surface area (Å²) in [5, 5.41) is 0. The number of hydrogen-bond donors (Lipinski definition) is 0. The minimum Gasteiger partial charge on any atom is -0.469 e. The number of carbonyl (C=O) groups excluding carboxylic acids is 1. The summed E-state index contributed by atoms with van der Waals surface area (Å²) in [5.74, 6) is 0.688. The van der Waals surface area contributed by atoms with Gasteiger partial charge in [0.05, 0.1) is 12.5 Å². The first-order chi connectivity index (χ1) is 5.56. The van der Waals surface area contributed by atoms with E-state index in [4.69, 9.17) is 4.74 Å². The van der Waals surface area contributed by atoms with Gasteiger partial charge in [0.1, 0.15) is 0 Å². The Bertz CT molecular complexity index is 169. The van der Waals surface area contributed by atoms with E-state index in [0.717, 1.165) is 12.3 Å². The Morgan fingerprint density at radius 3 is 2.42 bits per heavy atom. The van der Waals surface area contributed by atoms with E-state index in [1.165, 1.54) is 26.4 Å². The average Bonchev–Trinajstić information content (AvgIpc) is 1.95. The highest BCUT2D eigenvalue weighted by atomic mass is 16.5. The quantitative estimate of drug-likeness (QED) is 0.608. The maximum atomic E-state index is 11.3. The van der Waals surface area contributed by atoms with Crippen molar-refractivity contribution in [3.8, 4) is 0 Å². The van der Waals surface area contributed by atoms with E-state index in [1.807, 2.05) is 13.8 Å². The third kappa shape index (κ3) is 1.99. The van der Waals surface area contributed by atoms with Crippen LogP contribution < -0.4 is 0 Å². The molecule has 1 aliphatic rings. The zero-order chi connectivity index (χ0) is 9.19. The van der Waals surface area contributed by atoms with Gasteiger partial charge in [0.25, 0.3) is 0 Å². The highest BCUT2D eigenvalue weighted by Gasteiger charge is 2.33. The fourth-order valence-corrected chi connectivity index (χ4v) is 1.78. The predicted molar refractivity (Wildman–Crippen MR) is 47.8 cm³/mol. The van der Waals surface area contributed by atoms with E-state index in [0.29, 0.717) is 0 Å². The molecule has 1 fully saturated rings. The third-order valence-corrected chi connectivity index (χ3v) is 2.76. The van der Waals surface area contributed by atoms with Gasteiger partial charge < -0.3 is 4.74 Å². The molecule has 0 amide bonds. The molecule has 12 heavy (non-hydrogen) atoms. The molecule has 2 heteroatoms. The Hall–Kier alpha value is -0.530. The van der Waals surface area contributed by atoms with Crippen LogP contribution in [0.4, 0.5) is 0 Å². The standard InChI is InChI=1S/C10H18O2/c1-10(2,9(11)12-3)7-8-5-4-6-8/h8H,4-7H2,1-3H3. The number of esters is 1. The lowest BCUT2D eigenvalue weighted by Crippen LogP contribution is -2.30. The molecule has 0 aromatic rings. The van der Waals surface area contributed by atoms with Gasteiger partial charge in [0.2, 0.25) is 0 Å². The highest BCUT2D eigenvalue weighted by molar-refractivity contribution is 5.75. The molecule has 0 saturated heterocycles. The van der Waals surface area contributed by atoms with Crippen molar-refractivity contribution in [3.63, 3.8) is 0 Å². The zero-order valence-electron chi connectivity index (χ0n) is 8.22. The molecule has 0 bridgehead atoms. The smallest absolute Gasteiger partial charge is 0.311 e. The van der Waals surface area contributed by atoms with Gasteiger partial charge in [-0.15, -0.1) is 0 Å². The summed E-state index contributed by atoms with van der Waals surface area (Å²) >= 11 is 0. The van der Waals surface area contributed by atoms with Gasteiger partial charge in [0.15, 0.2) is 0 Å². The van der Waals surface area contributed by atoms with E-state index in [1.54, 1.807) is 0 Å². The van der Waals surface area contributed by atoms with Gasteiger partial charge in [0, 0.05) is 0 Å². The number of methoxy groups -OCH3 is 1. The number of hydrogen-bond acceptors (Lipinski definition) is 2. The lowest BCUT2D eigenvalue weighted by Gasteiger charge is -2.32. The molecule has 0 N–H and O–H groups in total. The minimum atomic E-state index is -0.278. The molecule has 0 aliphatic heterocycles. The minimum absolute atomic E-state index is 0.0746. The highest BCUT2D eigenvalue weighted by Crippen LogP contribution is 2.37. The number of carbonyl (C=O) groups is 1. The SMILES string of the molecule is COC(=O)C(C)(C)CC1CCC1. The van der Waals surface area contributed by atoms with Crippen LogP contribution in [0.25, 0.3) is 0 Å². The van der Waals surface area contributed by atoms with Crippen LogP contribution in [-0.4, -0.2) is 13.1 Å². The fourth-order valence-electron chi connectivity index (χ4n) is 1.78. The molecule has 0 unspecified atom stereocenters. The van der Waals surface area contributed by atoms with Crippen LogP contribution in [0.2, 0.25) is 0 Å². The molecule has 1 saturated carbocycles. The van der Waals surface area contributed by atoms with Crippen LogP contribution in [0.5, 0.6) is 0 Å². The molecule has 0 spiro atoms. The molecule has 0 aromatic heterocycles. The first-order valence-corrected chi connectivity index (χ1v) is 4.64. The summed E-state index contributed by atoms with van der Waals surface area (Å²) in [4.78, 5) is 11.3. The molecule has 70 valence electrons. The average molecular weight is 170 g/mol. The summed E-state index contributed by atoms with van der Waals surface area (Å²) in [6, 6.07) is 0. The molecule has 0 heterocycles. The van der Waals surface area contributed by atoms with E-state index in [-0.39, 0.29) is 11.4 Å². The fraction of sp³-hybridized carbons (Fsp3) is 0.900. The Balaban J connectivity index is 2.40. The van der Waals surface area contributed by atoms with E-state index in [2.05, 4.69) is 0 Å². The van der Waals surface area contributed by atoms with Gasteiger partial charge >= 0.3 is 5.97 Å². The molecular formula is C10H18O2. The molecule has 1 aliphatic carbocycles. The van der Waals surface area contributed by atoms with Crippen LogP contribution in [0.15, 0.2) is 0 Å². The van der Waals surface area contributed by atoms with Gasteiger partial charge in [-0.25, -0.2) is 0 Å². The summed E-state index contributed by atoms with van der Waals surface area (Å²) in [5.41, 5.74) is -0.278. The maximum Gasteiger partial charge on any atom is 0.311 e. The van der Waals surface area contributed by atoms with E-state index >= 15 is 0 Å². The van der Waals surface area contributed by atoms with Gasteiger partial charge in [-0.1, -0.05) is 19.3 Å². The molecule has 0 radical (unpaired) electrons. The second-order valence-corrected chi connectivity index (χ2v) is 4.38. The number of ether oxygens (including phenoxy) is 1. The van der Waals surface area contributed by atoms with Gasteiger partial charge in [-0.3, -0.25) is 4.79 Å². The second kappa shape index (κ2) is 3.46. The Labute approximate surface area is 74.3 Å². The van der Waals surface area contributed by atoms with Crippen molar-refractivity contribution in [1.82, 2.24) is 0 Å². The van der Waals surface area contributed by atoms with Crippen molar-refractivity contribution >= 4 is 5.97 Å². The summed E-state index contributed by atoms with van der Waals surface area (Å²) in [6.45, 7) is 3.94. The first kappa shape index (κ1) is 9.56. The summed E-state index contributed by atoms with van der Waals surface area (Å²) in [6.07, 6.45) is 4.91. The van der Waals surface area contributed by atoms with Crippen LogP contribution in [0.3, 0.4) is 0 Å². The maximum absolute atomic E-state index is 11.3. The van der Waals surface area contributed by atoms with E-state index in [9.17, 15) is 4.79 Å². The Kier molecular flexibility index (Phi) is 2.76. The second-order valence-electron chi connectivity index (χ2n) is 4.38. The van der Waals surface area contributed by atoms with Crippen LogP contribution in [0, 0.1) is 11.3 Å². The monoisotopic (exact) mass is 170 g/mol. The molecule has 1 rings (SSSR count). The van der Waals surface area contributed by atoms with Crippen LogP contribution in [-0.2, 0) is 9.53 Å². The van der Waals surface area contributed by atoms with Crippen molar-refractivity contribution in [2.75, 3.05) is 7.11 Å². The van der Waals surface area contributed by atoms with Crippen LogP contribution in [0.1, 0.15) is 39.5 Å². The van der Waals surface area contributed by atoms with E-state index < -0.39 is 0 Å². The lowest BCUT2D eigenvalue weighted by molar-refractivity contribution is -0.152. The van der Waals surface area contributed by atoms with Crippen LogP contribution >= 0.6 is 0 Å². The van der Waals surface area contributed by atoms with Crippen molar-refractivity contribution in [3.05, 3.63) is 0 Å². The van der Waals surface area contributed by atoms with Gasteiger partial charge in [-0.2, -0.15) is 0 Å². The topological polar surface area (TPSA) is 26.3 Å². The molecule has 0 aromatic carbocycles. The normalized spacial score (nSPS) is 18.6. The van der Waals surface area contributed by atoms with Crippen molar-refractivity contribution in [1.29, 1.82) is 0 Å². The predicted octanol–water partition coefficient (Wildman–Crippen LogP) is 2.38. The zero-order valence-corrected chi connectivity index (χ0v) is 8.22. The molecule has 2 nitrogen and oxygen atoms in total. The first-order valence-electron chi connectivity index (χ1n) is 4.64. The number of rotatable bonds is 3. The molecule has 0 atom stereocenters. The largest absolute Gasteiger partial charge is 0.469 e. The summed E-state index contributed by atoms with van der Waals surface area (Å²) < 4.78 is 4.75. The Morgan fingerprint density at radius 2 is 2.08 bits per heavy atom. The third-order valence-electron chi connectivity index (χ3n) is 2.76.